The van der Waals surface area contributed by atoms with Gasteiger partial charge in [0.15, 0.2) is 11.5 Å². The SMILES string of the molecule is O=C(c1cc2ccccc2oc1=O)N(Cc1ccc2c(c1)OCO2)C[C@@H]1CCCO1. The van der Waals surface area contributed by atoms with Crippen LogP contribution in [0.15, 0.2) is 57.7 Å². The minimum absolute atomic E-state index is 0.0208. The lowest BCUT2D eigenvalue weighted by Crippen LogP contribution is -2.38. The Morgan fingerprint density at radius 1 is 1.07 bits per heavy atom. The van der Waals surface area contributed by atoms with Crippen LogP contribution in [-0.4, -0.2) is 36.9 Å². The molecule has 1 saturated heterocycles. The highest BCUT2D eigenvalue weighted by molar-refractivity contribution is 5.96. The monoisotopic (exact) mass is 407 g/mol. The molecule has 30 heavy (non-hydrogen) atoms. The molecule has 2 aliphatic rings. The Bertz CT molecular complexity index is 1150. The van der Waals surface area contributed by atoms with E-state index in [0.717, 1.165) is 18.4 Å². The lowest BCUT2D eigenvalue weighted by atomic mass is 10.1. The molecule has 0 radical (unpaired) electrons. The number of hydrogen-bond donors (Lipinski definition) is 0. The van der Waals surface area contributed by atoms with E-state index in [1.54, 1.807) is 23.1 Å². The van der Waals surface area contributed by atoms with Crippen molar-refractivity contribution in [1.29, 1.82) is 0 Å². The molecule has 5 rings (SSSR count). The van der Waals surface area contributed by atoms with Crippen molar-refractivity contribution in [2.24, 2.45) is 0 Å². The topological polar surface area (TPSA) is 78.2 Å². The highest BCUT2D eigenvalue weighted by Crippen LogP contribution is 2.33. The van der Waals surface area contributed by atoms with Crippen LogP contribution in [0.25, 0.3) is 11.0 Å². The van der Waals surface area contributed by atoms with Crippen molar-refractivity contribution in [1.82, 2.24) is 4.90 Å². The van der Waals surface area contributed by atoms with E-state index >= 15 is 0 Å². The third kappa shape index (κ3) is 3.64. The second kappa shape index (κ2) is 7.84. The number of para-hydroxylation sites is 1. The highest BCUT2D eigenvalue weighted by Gasteiger charge is 2.26. The number of hydrogen-bond acceptors (Lipinski definition) is 6. The van der Waals surface area contributed by atoms with Crippen LogP contribution >= 0.6 is 0 Å². The molecule has 0 unspecified atom stereocenters. The normalized spacial score (nSPS) is 17.4. The molecule has 0 saturated carbocycles. The average Bonchev–Trinajstić information content (AvgIpc) is 3.44. The number of ether oxygens (including phenoxy) is 3. The Balaban J connectivity index is 1.47. The standard InChI is InChI=1S/C23H21NO6/c25-22(18-11-16-4-1-2-6-19(16)30-23(18)26)24(13-17-5-3-9-27-17)12-15-7-8-20-21(10-15)29-14-28-20/h1-2,4,6-8,10-11,17H,3,5,9,12-14H2/t17-/m0/s1. The molecule has 0 N–H and O–H groups in total. The Morgan fingerprint density at radius 2 is 1.93 bits per heavy atom. The summed E-state index contributed by atoms with van der Waals surface area (Å²) in [7, 11) is 0. The largest absolute Gasteiger partial charge is 0.454 e. The number of rotatable bonds is 5. The molecule has 3 heterocycles. The molecular formula is C23H21NO6. The van der Waals surface area contributed by atoms with Gasteiger partial charge in [0.2, 0.25) is 6.79 Å². The smallest absolute Gasteiger partial charge is 0.349 e. The lowest BCUT2D eigenvalue weighted by molar-refractivity contribution is 0.0504. The Kier molecular flexibility index (Phi) is 4.88. The van der Waals surface area contributed by atoms with Gasteiger partial charge in [0.25, 0.3) is 5.91 Å². The maximum Gasteiger partial charge on any atom is 0.349 e. The number of carbonyl (C=O) groups excluding carboxylic acids is 1. The van der Waals surface area contributed by atoms with Crippen LogP contribution in [0.5, 0.6) is 11.5 Å². The summed E-state index contributed by atoms with van der Waals surface area (Å²) in [5, 5.41) is 0.709. The van der Waals surface area contributed by atoms with Crippen molar-refractivity contribution in [3.63, 3.8) is 0 Å². The molecule has 0 spiro atoms. The first-order chi connectivity index (χ1) is 14.7. The van der Waals surface area contributed by atoms with Crippen LogP contribution in [0.1, 0.15) is 28.8 Å². The summed E-state index contributed by atoms with van der Waals surface area (Å²) < 4.78 is 21.9. The van der Waals surface area contributed by atoms with Crippen molar-refractivity contribution < 1.29 is 23.4 Å². The molecule has 7 nitrogen and oxygen atoms in total. The lowest BCUT2D eigenvalue weighted by Gasteiger charge is -2.25. The van der Waals surface area contributed by atoms with Crippen LogP contribution in [0.3, 0.4) is 0 Å². The zero-order valence-electron chi connectivity index (χ0n) is 16.3. The van der Waals surface area contributed by atoms with E-state index in [2.05, 4.69) is 0 Å². The zero-order valence-corrected chi connectivity index (χ0v) is 16.3. The van der Waals surface area contributed by atoms with E-state index < -0.39 is 5.63 Å². The van der Waals surface area contributed by atoms with Crippen molar-refractivity contribution in [3.8, 4) is 11.5 Å². The second-order valence-electron chi connectivity index (χ2n) is 7.49. The summed E-state index contributed by atoms with van der Waals surface area (Å²) in [4.78, 5) is 27.6. The first-order valence-corrected chi connectivity index (χ1v) is 10.00. The molecule has 1 atom stereocenters. The van der Waals surface area contributed by atoms with Gasteiger partial charge in [0.1, 0.15) is 11.1 Å². The van der Waals surface area contributed by atoms with E-state index in [1.807, 2.05) is 30.3 Å². The van der Waals surface area contributed by atoms with Gasteiger partial charge in [-0.25, -0.2) is 4.79 Å². The fraction of sp³-hybridized carbons (Fsp3) is 0.304. The van der Waals surface area contributed by atoms with Gasteiger partial charge in [0, 0.05) is 25.1 Å². The van der Waals surface area contributed by atoms with Crippen LogP contribution in [0, 0.1) is 0 Å². The molecule has 154 valence electrons. The molecule has 7 heteroatoms. The molecule has 1 aromatic heterocycles. The van der Waals surface area contributed by atoms with Gasteiger partial charge in [-0.3, -0.25) is 4.79 Å². The number of benzene rings is 2. The van der Waals surface area contributed by atoms with E-state index in [-0.39, 0.29) is 24.4 Å². The Morgan fingerprint density at radius 3 is 2.80 bits per heavy atom. The van der Waals surface area contributed by atoms with Crippen LogP contribution in [0.4, 0.5) is 0 Å². The molecule has 0 bridgehead atoms. The minimum Gasteiger partial charge on any atom is -0.454 e. The summed E-state index contributed by atoms with van der Waals surface area (Å²) in [5.74, 6) is 0.968. The van der Waals surface area contributed by atoms with Crippen LogP contribution in [-0.2, 0) is 11.3 Å². The molecule has 1 fully saturated rings. The van der Waals surface area contributed by atoms with Crippen LogP contribution in [0.2, 0.25) is 0 Å². The minimum atomic E-state index is -0.637. The van der Waals surface area contributed by atoms with E-state index in [9.17, 15) is 9.59 Å². The predicted molar refractivity (Wildman–Crippen MR) is 109 cm³/mol. The van der Waals surface area contributed by atoms with Crippen LogP contribution < -0.4 is 15.1 Å². The van der Waals surface area contributed by atoms with Gasteiger partial charge in [0.05, 0.1) is 6.10 Å². The number of amides is 1. The number of nitrogens with zero attached hydrogens (tertiary/aromatic N) is 1. The summed E-state index contributed by atoms with van der Waals surface area (Å²) in [6.07, 6.45) is 1.81. The molecule has 3 aromatic rings. The first-order valence-electron chi connectivity index (χ1n) is 10.00. The predicted octanol–water partition coefficient (Wildman–Crippen LogP) is 3.34. The maximum absolute atomic E-state index is 13.4. The van der Waals surface area contributed by atoms with Crippen molar-refractivity contribution >= 4 is 16.9 Å². The fourth-order valence-electron chi connectivity index (χ4n) is 3.89. The third-order valence-electron chi connectivity index (χ3n) is 5.42. The summed E-state index contributed by atoms with van der Waals surface area (Å²) in [6.45, 7) is 1.60. The third-order valence-corrected chi connectivity index (χ3v) is 5.42. The number of fused-ring (bicyclic) bond motifs is 2. The maximum atomic E-state index is 13.4. The molecule has 0 aliphatic carbocycles. The Labute approximate surface area is 172 Å². The van der Waals surface area contributed by atoms with Gasteiger partial charge >= 0.3 is 5.63 Å². The average molecular weight is 407 g/mol. The van der Waals surface area contributed by atoms with Gasteiger partial charge in [-0.1, -0.05) is 24.3 Å². The van der Waals surface area contributed by atoms with Crippen molar-refractivity contribution in [3.05, 3.63) is 70.1 Å². The van der Waals surface area contributed by atoms with Gasteiger partial charge in [-0.15, -0.1) is 0 Å². The quantitative estimate of drug-likeness (QED) is 0.604. The van der Waals surface area contributed by atoms with Gasteiger partial charge < -0.3 is 23.5 Å². The first kappa shape index (κ1) is 18.7. The van der Waals surface area contributed by atoms with E-state index in [1.165, 1.54) is 0 Å². The summed E-state index contributed by atoms with van der Waals surface area (Å²) in [6, 6.07) is 14.3. The van der Waals surface area contributed by atoms with E-state index in [0.29, 0.717) is 42.2 Å². The van der Waals surface area contributed by atoms with E-state index in [4.69, 9.17) is 18.6 Å². The highest BCUT2D eigenvalue weighted by atomic mass is 16.7. The van der Waals surface area contributed by atoms with Crippen molar-refractivity contribution in [2.75, 3.05) is 19.9 Å². The second-order valence-corrected chi connectivity index (χ2v) is 7.49. The summed E-state index contributed by atoms with van der Waals surface area (Å²) in [5.41, 5.74) is 0.727. The molecular weight excluding hydrogens is 386 g/mol. The Hall–Kier alpha value is -3.32. The molecule has 2 aliphatic heterocycles. The van der Waals surface area contributed by atoms with Gasteiger partial charge in [-0.2, -0.15) is 0 Å². The molecule has 1 amide bonds. The van der Waals surface area contributed by atoms with Gasteiger partial charge in [-0.05, 0) is 42.7 Å². The fourth-order valence-corrected chi connectivity index (χ4v) is 3.89. The molecule has 2 aromatic carbocycles. The van der Waals surface area contributed by atoms with Crippen molar-refractivity contribution in [2.45, 2.75) is 25.5 Å². The zero-order chi connectivity index (χ0) is 20.5. The number of carbonyl (C=O) groups is 1. The summed E-state index contributed by atoms with van der Waals surface area (Å²) >= 11 is 0.